The average molecular weight is 375 g/mol. The molecule has 0 aromatic heterocycles. The van der Waals surface area contributed by atoms with Crippen LogP contribution >= 0.6 is 17.0 Å². The summed E-state index contributed by atoms with van der Waals surface area (Å²) in [6.07, 6.45) is 1.21. The van der Waals surface area contributed by atoms with Crippen molar-refractivity contribution in [3.05, 3.63) is 40.5 Å². The monoisotopic (exact) mass is 373 g/mol. The SMILES string of the molecule is CCC(C)c1ccc(C)c2[cH-]c(C)c(C)c12.[Cl][Zr][Cl]. The molecule has 0 aliphatic rings. The predicted octanol–water partition coefficient (Wildman–Crippen LogP) is 6.37. The number of fused-ring (bicyclic) bond motifs is 1. The van der Waals surface area contributed by atoms with E-state index in [0.717, 1.165) is 0 Å². The Bertz CT molecular complexity index is 543. The molecule has 2 rings (SSSR count). The van der Waals surface area contributed by atoms with Gasteiger partial charge < -0.3 is 0 Å². The van der Waals surface area contributed by atoms with Crippen LogP contribution in [0.1, 0.15) is 48.4 Å². The van der Waals surface area contributed by atoms with E-state index in [1.54, 1.807) is 0 Å². The normalized spacial score (nSPS) is 11.9. The molecular weight excluding hydrogens is 354 g/mol. The van der Waals surface area contributed by atoms with Gasteiger partial charge in [0.25, 0.3) is 0 Å². The number of aryl methyl sites for hydroxylation is 3. The second-order valence-electron chi connectivity index (χ2n) is 5.09. The summed E-state index contributed by atoms with van der Waals surface area (Å²) in [7, 11) is 9.87. The molecule has 1 atom stereocenters. The van der Waals surface area contributed by atoms with Crippen molar-refractivity contribution in [3.8, 4) is 0 Å². The average Bonchev–Trinajstić information content (AvgIpc) is 2.68. The Labute approximate surface area is 135 Å². The molecule has 0 radical (unpaired) electrons. The molecule has 0 spiro atoms. The molecule has 0 saturated carbocycles. The van der Waals surface area contributed by atoms with Crippen LogP contribution in [0.25, 0.3) is 10.8 Å². The summed E-state index contributed by atoms with van der Waals surface area (Å²) >= 11 is -0.826. The van der Waals surface area contributed by atoms with E-state index in [1.807, 2.05) is 0 Å². The van der Waals surface area contributed by atoms with Gasteiger partial charge in [-0.15, -0.1) is 34.0 Å². The van der Waals surface area contributed by atoms with E-state index in [-0.39, 0.29) is 0 Å². The van der Waals surface area contributed by atoms with Gasteiger partial charge in [0, 0.05) is 0 Å². The molecule has 0 bridgehead atoms. The van der Waals surface area contributed by atoms with E-state index in [1.165, 1.54) is 39.4 Å². The molecule has 0 N–H and O–H groups in total. The summed E-state index contributed by atoms with van der Waals surface area (Å²) < 4.78 is 0. The molecule has 0 heterocycles. The molecule has 0 amide bonds. The third kappa shape index (κ3) is 3.90. The van der Waals surface area contributed by atoms with Crippen molar-refractivity contribution in [1.29, 1.82) is 0 Å². The van der Waals surface area contributed by atoms with Crippen molar-refractivity contribution in [1.82, 2.24) is 0 Å². The minimum absolute atomic E-state index is 0.656. The van der Waals surface area contributed by atoms with Gasteiger partial charge in [0.1, 0.15) is 0 Å². The van der Waals surface area contributed by atoms with Crippen molar-refractivity contribution in [2.75, 3.05) is 0 Å². The number of rotatable bonds is 2. The Morgan fingerprint density at radius 1 is 1.21 bits per heavy atom. The molecular formula is C16H21Cl2Zr-. The molecule has 1 unspecified atom stereocenters. The molecule has 104 valence electrons. The molecule has 0 fully saturated rings. The van der Waals surface area contributed by atoms with Gasteiger partial charge in [-0.2, -0.15) is 5.56 Å². The van der Waals surface area contributed by atoms with Gasteiger partial charge in [0.15, 0.2) is 0 Å². The fraction of sp³-hybridized carbons (Fsp3) is 0.438. The van der Waals surface area contributed by atoms with Crippen molar-refractivity contribution >= 4 is 27.8 Å². The Morgan fingerprint density at radius 3 is 2.32 bits per heavy atom. The van der Waals surface area contributed by atoms with Crippen molar-refractivity contribution in [2.45, 2.75) is 47.0 Å². The first-order valence-corrected chi connectivity index (χ1v) is 12.9. The van der Waals surface area contributed by atoms with Crippen molar-refractivity contribution in [2.24, 2.45) is 0 Å². The minimum atomic E-state index is -0.826. The number of hydrogen-bond acceptors (Lipinski definition) is 0. The Kier molecular flexibility index (Phi) is 7.22. The zero-order valence-corrected chi connectivity index (χ0v) is 16.2. The van der Waals surface area contributed by atoms with Gasteiger partial charge >= 0.3 is 37.9 Å². The fourth-order valence-corrected chi connectivity index (χ4v) is 2.50. The van der Waals surface area contributed by atoms with Gasteiger partial charge in [0.2, 0.25) is 0 Å². The number of hydrogen-bond donors (Lipinski definition) is 0. The molecule has 0 aliphatic carbocycles. The predicted molar refractivity (Wildman–Crippen MR) is 84.2 cm³/mol. The van der Waals surface area contributed by atoms with Crippen LogP contribution in [0, 0.1) is 20.8 Å². The Balaban J connectivity index is 0.000000550. The third-order valence-corrected chi connectivity index (χ3v) is 3.97. The number of halogens is 2. The zero-order chi connectivity index (χ0) is 14.6. The molecule has 0 saturated heterocycles. The van der Waals surface area contributed by atoms with E-state index in [4.69, 9.17) is 17.0 Å². The van der Waals surface area contributed by atoms with Gasteiger partial charge in [-0.3, -0.25) is 0 Å². The van der Waals surface area contributed by atoms with Crippen LogP contribution < -0.4 is 0 Å². The summed E-state index contributed by atoms with van der Waals surface area (Å²) in [5.41, 5.74) is 5.81. The fourth-order valence-electron chi connectivity index (χ4n) is 2.50. The Morgan fingerprint density at radius 2 is 1.79 bits per heavy atom. The van der Waals surface area contributed by atoms with E-state index in [9.17, 15) is 0 Å². The van der Waals surface area contributed by atoms with Crippen LogP contribution in [0.15, 0.2) is 18.2 Å². The first-order valence-electron chi connectivity index (χ1n) is 6.60. The molecule has 0 nitrogen and oxygen atoms in total. The second kappa shape index (κ2) is 7.91. The van der Waals surface area contributed by atoms with Gasteiger partial charge in [-0.1, -0.05) is 52.7 Å². The summed E-state index contributed by atoms with van der Waals surface area (Å²) in [5, 5.41) is 2.96. The van der Waals surface area contributed by atoms with Crippen molar-refractivity contribution < 1.29 is 20.8 Å². The van der Waals surface area contributed by atoms with Crippen LogP contribution in [-0.2, 0) is 20.8 Å². The molecule has 19 heavy (non-hydrogen) atoms. The molecule has 2 aromatic rings. The molecule has 0 aliphatic heterocycles. The quantitative estimate of drug-likeness (QED) is 0.535. The van der Waals surface area contributed by atoms with E-state index in [0.29, 0.717) is 5.92 Å². The van der Waals surface area contributed by atoms with Gasteiger partial charge in [-0.25, -0.2) is 0 Å². The maximum atomic E-state index is 4.93. The van der Waals surface area contributed by atoms with Crippen molar-refractivity contribution in [3.63, 3.8) is 0 Å². The standard InChI is InChI=1S/C16H21.2ClH.Zr/c1-6-10(2)14-8-7-11(3)15-9-12(4)13(5)16(14)15;;;/h7-10H,6H2,1-5H3;2*1H;/q-1;;;+2/p-2. The van der Waals surface area contributed by atoms with E-state index < -0.39 is 20.8 Å². The molecule has 2 aromatic carbocycles. The molecule has 3 heteroatoms. The summed E-state index contributed by atoms with van der Waals surface area (Å²) in [6, 6.07) is 6.92. The summed E-state index contributed by atoms with van der Waals surface area (Å²) in [6.45, 7) is 11.3. The van der Waals surface area contributed by atoms with E-state index in [2.05, 4.69) is 52.8 Å². The topological polar surface area (TPSA) is 0 Å². The van der Waals surface area contributed by atoms with E-state index >= 15 is 0 Å². The maximum absolute atomic E-state index is 4.93. The summed E-state index contributed by atoms with van der Waals surface area (Å²) in [4.78, 5) is 0. The van der Waals surface area contributed by atoms with Crippen LogP contribution in [0.5, 0.6) is 0 Å². The Hall–Kier alpha value is 0.293. The third-order valence-electron chi connectivity index (χ3n) is 3.97. The number of benzene rings is 1. The second-order valence-corrected chi connectivity index (χ2v) is 8.83. The van der Waals surface area contributed by atoms with Crippen LogP contribution in [0.3, 0.4) is 0 Å². The van der Waals surface area contributed by atoms with Crippen LogP contribution in [-0.4, -0.2) is 0 Å². The van der Waals surface area contributed by atoms with Crippen LogP contribution in [0.4, 0.5) is 0 Å². The van der Waals surface area contributed by atoms with Crippen LogP contribution in [0.2, 0.25) is 0 Å². The zero-order valence-electron chi connectivity index (χ0n) is 12.3. The first kappa shape index (κ1) is 17.3. The van der Waals surface area contributed by atoms with Gasteiger partial charge in [-0.05, 0) is 5.92 Å². The first-order chi connectivity index (χ1) is 8.97. The van der Waals surface area contributed by atoms with Gasteiger partial charge in [0.05, 0.1) is 0 Å². The summed E-state index contributed by atoms with van der Waals surface area (Å²) in [5.74, 6) is 0.656.